The number of pyridine rings is 1. The summed E-state index contributed by atoms with van der Waals surface area (Å²) in [6, 6.07) is 18.2. The molecular weight excluding hydrogens is 482 g/mol. The van der Waals surface area contributed by atoms with Crippen molar-refractivity contribution in [1.29, 1.82) is 0 Å². The molecule has 0 saturated carbocycles. The number of benzene rings is 2. The number of carbonyl (C=O) groups is 3. The fourth-order valence-corrected chi connectivity index (χ4v) is 4.01. The smallest absolute Gasteiger partial charge is 0.270 e. The Hall–Kier alpha value is -3.82. The molecule has 3 amide bonds. The van der Waals surface area contributed by atoms with Crippen LogP contribution in [-0.4, -0.2) is 59.1 Å². The van der Waals surface area contributed by atoms with Gasteiger partial charge in [-0.25, -0.2) is 4.98 Å². The van der Waals surface area contributed by atoms with Crippen molar-refractivity contribution in [2.75, 3.05) is 13.1 Å². The minimum Gasteiger partial charge on any atom is -0.390 e. The molecule has 3 atom stereocenters. The van der Waals surface area contributed by atoms with Crippen molar-refractivity contribution in [2.45, 2.75) is 51.8 Å². The number of nitrogens with one attached hydrogen (secondary N) is 3. The first-order valence-electron chi connectivity index (χ1n) is 12.7. The number of hydrogen-bond acceptors (Lipinski definition) is 6. The van der Waals surface area contributed by atoms with Crippen molar-refractivity contribution in [3.63, 3.8) is 0 Å². The Morgan fingerprint density at radius 3 is 2.32 bits per heavy atom. The number of carbonyl (C=O) groups excluding carboxylic acids is 3. The van der Waals surface area contributed by atoms with E-state index in [4.69, 9.17) is 5.73 Å². The zero-order valence-corrected chi connectivity index (χ0v) is 22.1. The average molecular weight is 520 g/mol. The molecule has 3 rings (SSSR count). The number of fused-ring (bicyclic) bond motifs is 1. The minimum atomic E-state index is -1.23. The number of nitrogens with zero attached hydrogens (tertiary/aromatic N) is 1. The number of nitrogens with two attached hydrogens (primary N) is 1. The summed E-state index contributed by atoms with van der Waals surface area (Å²) in [4.78, 5) is 42.4. The number of primary amides is 1. The molecule has 6 N–H and O–H groups in total. The molecule has 0 spiro atoms. The maximum Gasteiger partial charge on any atom is 0.270 e. The first kappa shape index (κ1) is 28.7. The predicted octanol–water partition coefficient (Wildman–Crippen LogP) is 1.93. The van der Waals surface area contributed by atoms with E-state index in [9.17, 15) is 19.5 Å². The van der Waals surface area contributed by atoms with Crippen LogP contribution in [0, 0.1) is 5.41 Å². The zero-order valence-electron chi connectivity index (χ0n) is 22.1. The van der Waals surface area contributed by atoms with E-state index >= 15 is 0 Å². The highest BCUT2D eigenvalue weighted by molar-refractivity contribution is 5.99. The van der Waals surface area contributed by atoms with E-state index in [0.29, 0.717) is 18.5 Å². The van der Waals surface area contributed by atoms with Gasteiger partial charge in [0.05, 0.1) is 24.1 Å². The van der Waals surface area contributed by atoms with Crippen molar-refractivity contribution < 1.29 is 19.5 Å². The maximum atomic E-state index is 13.3. The van der Waals surface area contributed by atoms with E-state index in [-0.39, 0.29) is 17.7 Å². The van der Waals surface area contributed by atoms with Gasteiger partial charge in [0.25, 0.3) is 5.91 Å². The number of hydrogen-bond donors (Lipinski definition) is 5. The molecule has 0 radical (unpaired) electrons. The highest BCUT2D eigenvalue weighted by Crippen LogP contribution is 2.13. The summed E-state index contributed by atoms with van der Waals surface area (Å²) in [5.74, 6) is -1.97. The highest BCUT2D eigenvalue weighted by Gasteiger charge is 2.29. The number of amides is 3. The van der Waals surface area contributed by atoms with Gasteiger partial charge in [-0.1, -0.05) is 75.4 Å². The van der Waals surface area contributed by atoms with Gasteiger partial charge in [0.15, 0.2) is 0 Å². The summed E-state index contributed by atoms with van der Waals surface area (Å²) in [6.07, 6.45) is -0.968. The topological polar surface area (TPSA) is 146 Å². The molecule has 2 aromatic carbocycles. The van der Waals surface area contributed by atoms with Crippen LogP contribution in [0.3, 0.4) is 0 Å². The zero-order chi connectivity index (χ0) is 27.7. The van der Waals surface area contributed by atoms with E-state index in [1.807, 2.05) is 48.5 Å². The standard InChI is InChI=1S/C29H37N5O4/c1-29(2,3)18-31-17-25(35)23(15-19-9-5-4-6-10-19)33-28(38)24(16-26(30)36)34-27(37)22-14-13-20-11-7-8-12-21(20)32-22/h4-14,23-25,31,35H,15-18H2,1-3H3,(H2,30,36)(H,33,38)(H,34,37). The van der Waals surface area contributed by atoms with Crippen molar-refractivity contribution in [3.8, 4) is 0 Å². The molecule has 9 nitrogen and oxygen atoms in total. The van der Waals surface area contributed by atoms with Crippen LogP contribution < -0.4 is 21.7 Å². The predicted molar refractivity (Wildman–Crippen MR) is 147 cm³/mol. The fourth-order valence-electron chi connectivity index (χ4n) is 4.01. The van der Waals surface area contributed by atoms with E-state index in [1.165, 1.54) is 0 Å². The molecule has 1 heterocycles. The third kappa shape index (κ3) is 8.93. The number of aromatic nitrogens is 1. The fraction of sp³-hybridized carbons (Fsp3) is 0.379. The Morgan fingerprint density at radius 1 is 0.947 bits per heavy atom. The van der Waals surface area contributed by atoms with Gasteiger partial charge in [0, 0.05) is 18.5 Å². The molecule has 9 heteroatoms. The second-order valence-electron chi connectivity index (χ2n) is 10.6. The molecule has 3 aromatic rings. The summed E-state index contributed by atoms with van der Waals surface area (Å²) in [7, 11) is 0. The molecule has 0 aliphatic carbocycles. The van der Waals surface area contributed by atoms with Crippen molar-refractivity contribution in [2.24, 2.45) is 11.1 Å². The normalized spacial score (nSPS) is 13.9. The second kappa shape index (κ2) is 13.1. The number of rotatable bonds is 12. The Kier molecular flexibility index (Phi) is 9.92. The number of para-hydroxylation sites is 1. The van der Waals surface area contributed by atoms with Gasteiger partial charge in [-0.3, -0.25) is 14.4 Å². The van der Waals surface area contributed by atoms with E-state index in [2.05, 4.69) is 41.7 Å². The van der Waals surface area contributed by atoms with Crippen LogP contribution in [0.1, 0.15) is 43.2 Å². The Morgan fingerprint density at radius 2 is 1.63 bits per heavy atom. The van der Waals surface area contributed by atoms with Gasteiger partial charge in [-0.2, -0.15) is 0 Å². The number of aliphatic hydroxyl groups is 1. The van der Waals surface area contributed by atoms with Gasteiger partial charge >= 0.3 is 0 Å². The largest absolute Gasteiger partial charge is 0.390 e. The Bertz CT molecular complexity index is 1240. The molecule has 0 aliphatic heterocycles. The molecule has 0 saturated heterocycles. The van der Waals surface area contributed by atoms with Crippen LogP contribution in [0.25, 0.3) is 10.9 Å². The van der Waals surface area contributed by atoms with Gasteiger partial charge < -0.3 is 26.8 Å². The summed E-state index contributed by atoms with van der Waals surface area (Å²) in [5.41, 5.74) is 7.07. The van der Waals surface area contributed by atoms with E-state index < -0.39 is 42.3 Å². The minimum absolute atomic E-state index is 0.0194. The van der Waals surface area contributed by atoms with E-state index in [1.54, 1.807) is 18.2 Å². The third-order valence-electron chi connectivity index (χ3n) is 5.96. The first-order valence-corrected chi connectivity index (χ1v) is 12.7. The average Bonchev–Trinajstić information content (AvgIpc) is 2.87. The van der Waals surface area contributed by atoms with Crippen molar-refractivity contribution in [3.05, 3.63) is 78.0 Å². The summed E-state index contributed by atoms with van der Waals surface area (Å²) < 4.78 is 0. The van der Waals surface area contributed by atoms with Crippen LogP contribution in [0.4, 0.5) is 0 Å². The van der Waals surface area contributed by atoms with Crippen LogP contribution in [0.5, 0.6) is 0 Å². The Labute approximate surface area is 223 Å². The second-order valence-corrected chi connectivity index (χ2v) is 10.6. The number of aliphatic hydroxyl groups excluding tert-OH is 1. The summed E-state index contributed by atoms with van der Waals surface area (Å²) in [5, 5.41) is 20.5. The molecule has 0 fully saturated rings. The molecule has 1 aromatic heterocycles. The summed E-state index contributed by atoms with van der Waals surface area (Å²) in [6.45, 7) is 7.17. The quantitative estimate of drug-likeness (QED) is 0.247. The summed E-state index contributed by atoms with van der Waals surface area (Å²) >= 11 is 0. The molecular formula is C29H37N5O4. The van der Waals surface area contributed by atoms with Gasteiger partial charge in [-0.05, 0) is 29.5 Å². The van der Waals surface area contributed by atoms with Crippen molar-refractivity contribution >= 4 is 28.6 Å². The maximum absolute atomic E-state index is 13.3. The molecule has 3 unspecified atom stereocenters. The Balaban J connectivity index is 1.75. The van der Waals surface area contributed by atoms with Crippen LogP contribution >= 0.6 is 0 Å². The monoisotopic (exact) mass is 519 g/mol. The molecule has 38 heavy (non-hydrogen) atoms. The van der Waals surface area contributed by atoms with Crippen LogP contribution in [0.15, 0.2) is 66.7 Å². The van der Waals surface area contributed by atoms with Gasteiger partial charge in [0.2, 0.25) is 11.8 Å². The van der Waals surface area contributed by atoms with Crippen LogP contribution in [-0.2, 0) is 16.0 Å². The third-order valence-corrected chi connectivity index (χ3v) is 5.96. The van der Waals surface area contributed by atoms with E-state index in [0.717, 1.165) is 10.9 Å². The van der Waals surface area contributed by atoms with Gasteiger partial charge in [0.1, 0.15) is 11.7 Å². The SMILES string of the molecule is CC(C)(C)CNCC(O)C(Cc1ccccc1)NC(=O)C(CC(N)=O)NC(=O)c1ccc2ccccc2n1. The molecule has 0 aliphatic rings. The highest BCUT2D eigenvalue weighted by atomic mass is 16.3. The lowest BCUT2D eigenvalue weighted by atomic mass is 9.96. The van der Waals surface area contributed by atoms with Crippen molar-refractivity contribution in [1.82, 2.24) is 20.9 Å². The van der Waals surface area contributed by atoms with Crippen LogP contribution in [0.2, 0.25) is 0 Å². The molecule has 202 valence electrons. The first-order chi connectivity index (χ1) is 18.0. The lowest BCUT2D eigenvalue weighted by Crippen LogP contribution is -2.55. The lowest BCUT2D eigenvalue weighted by Gasteiger charge is -2.28. The molecule has 0 bridgehead atoms. The van der Waals surface area contributed by atoms with Gasteiger partial charge in [-0.15, -0.1) is 0 Å². The lowest BCUT2D eigenvalue weighted by molar-refractivity contribution is -0.128.